The lowest BCUT2D eigenvalue weighted by Crippen LogP contribution is -2.19. The highest BCUT2D eigenvalue weighted by molar-refractivity contribution is 5.82. The molecule has 1 N–H and O–H groups in total. The van der Waals surface area contributed by atoms with Crippen molar-refractivity contribution in [2.24, 2.45) is 5.10 Å². The molecule has 4 nitrogen and oxygen atoms in total. The van der Waals surface area contributed by atoms with E-state index in [0.717, 1.165) is 25.9 Å². The fraction of sp³-hybridized carbons (Fsp3) is 0.385. The second-order valence-corrected chi connectivity index (χ2v) is 4.33. The summed E-state index contributed by atoms with van der Waals surface area (Å²) in [5.74, 6) is -0.496. The Kier molecular flexibility index (Phi) is 3.92. The van der Waals surface area contributed by atoms with E-state index >= 15 is 0 Å². The van der Waals surface area contributed by atoms with Crippen LogP contribution < -0.4 is 10.3 Å². The minimum Gasteiger partial charge on any atom is -0.369 e. The summed E-state index contributed by atoms with van der Waals surface area (Å²) in [6.45, 7) is 3.20. The van der Waals surface area contributed by atoms with E-state index in [0.29, 0.717) is 11.3 Å². The molecule has 0 bridgehead atoms. The Labute approximate surface area is 105 Å². The first kappa shape index (κ1) is 12.5. The largest absolute Gasteiger partial charge is 0.369 e. The number of halogens is 1. The van der Waals surface area contributed by atoms with Crippen molar-refractivity contribution in [2.75, 3.05) is 18.0 Å². The van der Waals surface area contributed by atoms with Crippen LogP contribution in [0, 0.1) is 5.82 Å². The van der Waals surface area contributed by atoms with Crippen molar-refractivity contribution in [3.8, 4) is 0 Å². The topological polar surface area (TPSA) is 44.7 Å². The minimum atomic E-state index is -0.250. The molecule has 0 unspecified atom stereocenters. The van der Waals surface area contributed by atoms with Crippen LogP contribution in [0.1, 0.15) is 25.3 Å². The van der Waals surface area contributed by atoms with Crippen LogP contribution in [0.5, 0.6) is 0 Å². The Morgan fingerprint density at radius 2 is 2.17 bits per heavy atom. The van der Waals surface area contributed by atoms with Crippen molar-refractivity contribution in [1.29, 1.82) is 0 Å². The smallest absolute Gasteiger partial charge is 0.236 e. The van der Waals surface area contributed by atoms with E-state index in [2.05, 4.69) is 10.5 Å². The van der Waals surface area contributed by atoms with Crippen molar-refractivity contribution in [1.82, 2.24) is 5.43 Å². The predicted molar refractivity (Wildman–Crippen MR) is 69.3 cm³/mol. The molecule has 1 saturated heterocycles. The van der Waals surface area contributed by atoms with Gasteiger partial charge in [-0.15, -0.1) is 0 Å². The van der Waals surface area contributed by atoms with Gasteiger partial charge in [-0.25, -0.2) is 9.82 Å². The molecule has 0 spiro atoms. The third-order valence-electron chi connectivity index (χ3n) is 2.85. The maximum Gasteiger partial charge on any atom is 0.236 e. The van der Waals surface area contributed by atoms with Crippen LogP contribution in [0.4, 0.5) is 10.1 Å². The Morgan fingerprint density at radius 1 is 1.44 bits per heavy atom. The first-order valence-electron chi connectivity index (χ1n) is 6.01. The molecule has 1 fully saturated rings. The van der Waals surface area contributed by atoms with Crippen molar-refractivity contribution in [2.45, 2.75) is 19.8 Å². The summed E-state index contributed by atoms with van der Waals surface area (Å²) in [4.78, 5) is 12.7. The molecule has 2 rings (SSSR count). The van der Waals surface area contributed by atoms with Gasteiger partial charge in [-0.05, 0) is 30.5 Å². The Bertz CT molecular complexity index is 467. The molecule has 5 heteroatoms. The third-order valence-corrected chi connectivity index (χ3v) is 2.85. The summed E-state index contributed by atoms with van der Waals surface area (Å²) in [5.41, 5.74) is 3.55. The average molecular weight is 249 g/mol. The number of rotatable bonds is 3. The van der Waals surface area contributed by atoms with Gasteiger partial charge in [0.05, 0.1) is 11.9 Å². The highest BCUT2D eigenvalue weighted by Gasteiger charge is 2.15. The highest BCUT2D eigenvalue weighted by Crippen LogP contribution is 2.23. The number of carbonyl (C=O) groups excluding carboxylic acids is 1. The van der Waals surface area contributed by atoms with E-state index in [1.54, 1.807) is 12.1 Å². The van der Waals surface area contributed by atoms with Crippen LogP contribution in [-0.2, 0) is 4.79 Å². The zero-order chi connectivity index (χ0) is 13.0. The van der Waals surface area contributed by atoms with Gasteiger partial charge in [-0.1, -0.05) is 6.07 Å². The van der Waals surface area contributed by atoms with E-state index < -0.39 is 0 Å². The molecule has 1 aromatic carbocycles. The minimum absolute atomic E-state index is 0.247. The average Bonchev–Trinajstić information content (AvgIpc) is 2.82. The van der Waals surface area contributed by atoms with Crippen molar-refractivity contribution in [3.63, 3.8) is 0 Å². The molecule has 18 heavy (non-hydrogen) atoms. The monoisotopic (exact) mass is 249 g/mol. The van der Waals surface area contributed by atoms with Gasteiger partial charge < -0.3 is 4.90 Å². The normalized spacial score (nSPS) is 15.3. The van der Waals surface area contributed by atoms with Gasteiger partial charge in [0.15, 0.2) is 0 Å². The van der Waals surface area contributed by atoms with Gasteiger partial charge >= 0.3 is 0 Å². The molecule has 96 valence electrons. The van der Waals surface area contributed by atoms with Crippen LogP contribution >= 0.6 is 0 Å². The number of hydrazone groups is 1. The van der Waals surface area contributed by atoms with E-state index in [1.165, 1.54) is 19.2 Å². The van der Waals surface area contributed by atoms with Crippen LogP contribution in [-0.4, -0.2) is 25.2 Å². The molecule has 1 amide bonds. The number of carbonyl (C=O) groups is 1. The van der Waals surface area contributed by atoms with Gasteiger partial charge in [0.2, 0.25) is 5.91 Å². The summed E-state index contributed by atoms with van der Waals surface area (Å²) < 4.78 is 13.9. The number of benzene rings is 1. The third kappa shape index (κ3) is 3.06. The molecular weight excluding hydrogens is 233 g/mol. The summed E-state index contributed by atoms with van der Waals surface area (Å²) >= 11 is 0. The fourth-order valence-corrected chi connectivity index (χ4v) is 2.02. The predicted octanol–water partition coefficient (Wildman–Crippen LogP) is 1.90. The van der Waals surface area contributed by atoms with Gasteiger partial charge in [0, 0.05) is 20.0 Å². The number of hydrogen-bond donors (Lipinski definition) is 1. The van der Waals surface area contributed by atoms with Gasteiger partial charge in [-0.2, -0.15) is 5.10 Å². The molecule has 0 radical (unpaired) electrons. The van der Waals surface area contributed by atoms with Crippen LogP contribution in [0.3, 0.4) is 0 Å². The lowest BCUT2D eigenvalue weighted by Gasteiger charge is -2.18. The van der Waals surface area contributed by atoms with Gasteiger partial charge in [-0.3, -0.25) is 4.79 Å². The van der Waals surface area contributed by atoms with Crippen LogP contribution in [0.15, 0.2) is 23.3 Å². The molecule has 1 heterocycles. The Morgan fingerprint density at radius 3 is 2.78 bits per heavy atom. The van der Waals surface area contributed by atoms with Gasteiger partial charge in [0.1, 0.15) is 5.82 Å². The molecule has 1 aliphatic rings. The quantitative estimate of drug-likeness (QED) is 0.657. The lowest BCUT2D eigenvalue weighted by atomic mass is 10.2. The number of anilines is 1. The zero-order valence-electron chi connectivity index (χ0n) is 10.3. The van der Waals surface area contributed by atoms with E-state index in [9.17, 15) is 9.18 Å². The second-order valence-electron chi connectivity index (χ2n) is 4.33. The summed E-state index contributed by atoms with van der Waals surface area (Å²) in [5, 5.41) is 3.70. The fourth-order valence-electron chi connectivity index (χ4n) is 2.02. The van der Waals surface area contributed by atoms with E-state index in [1.807, 2.05) is 4.90 Å². The number of hydrogen-bond acceptors (Lipinski definition) is 3. The molecule has 0 aromatic heterocycles. The van der Waals surface area contributed by atoms with Crippen LogP contribution in [0.25, 0.3) is 0 Å². The first-order valence-corrected chi connectivity index (χ1v) is 6.01. The van der Waals surface area contributed by atoms with Crippen molar-refractivity contribution < 1.29 is 9.18 Å². The lowest BCUT2D eigenvalue weighted by molar-refractivity contribution is -0.118. The summed E-state index contributed by atoms with van der Waals surface area (Å²) in [6.07, 6.45) is 3.66. The summed E-state index contributed by atoms with van der Waals surface area (Å²) in [6, 6.07) is 4.98. The second kappa shape index (κ2) is 5.62. The Hall–Kier alpha value is -1.91. The van der Waals surface area contributed by atoms with Crippen LogP contribution in [0.2, 0.25) is 0 Å². The molecular formula is C13H16FN3O. The maximum atomic E-state index is 13.9. The highest BCUT2D eigenvalue weighted by atomic mass is 19.1. The molecule has 1 aliphatic heterocycles. The number of nitrogens with zero attached hydrogens (tertiary/aromatic N) is 2. The van der Waals surface area contributed by atoms with E-state index in [-0.39, 0.29) is 11.7 Å². The van der Waals surface area contributed by atoms with Gasteiger partial charge in [0.25, 0.3) is 0 Å². The molecule has 0 atom stereocenters. The standard InChI is InChI=1S/C13H16FN3O/c1-10(18)16-15-9-11-4-5-13(12(14)8-11)17-6-2-3-7-17/h4-5,8-9H,2-3,6-7H2,1H3,(H,16,18)/b15-9-. The molecule has 0 aliphatic carbocycles. The molecule has 1 aromatic rings. The van der Waals surface area contributed by atoms with E-state index in [4.69, 9.17) is 0 Å². The van der Waals surface area contributed by atoms with Crippen molar-refractivity contribution in [3.05, 3.63) is 29.6 Å². The summed E-state index contributed by atoms with van der Waals surface area (Å²) in [7, 11) is 0. The maximum absolute atomic E-state index is 13.9. The Balaban J connectivity index is 2.09. The first-order chi connectivity index (χ1) is 8.66. The zero-order valence-corrected chi connectivity index (χ0v) is 10.3. The number of amides is 1. The van der Waals surface area contributed by atoms with Crippen molar-refractivity contribution >= 4 is 17.8 Å². The SMILES string of the molecule is CC(=O)N/N=C\c1ccc(N2CCCC2)c(F)c1. The molecule has 0 saturated carbocycles. The number of nitrogens with one attached hydrogen (secondary N) is 1.